The van der Waals surface area contributed by atoms with Gasteiger partial charge in [0.1, 0.15) is 5.82 Å². The minimum absolute atomic E-state index is 0.0633. The van der Waals surface area contributed by atoms with Crippen molar-refractivity contribution in [2.24, 2.45) is 0 Å². The Bertz CT molecular complexity index is 1420. The summed E-state index contributed by atoms with van der Waals surface area (Å²) in [5.41, 5.74) is 6.74. The smallest absolute Gasteiger partial charge is 0.256 e. The average molecular weight is 499 g/mol. The highest BCUT2D eigenvalue weighted by molar-refractivity contribution is 6.36. The van der Waals surface area contributed by atoms with Gasteiger partial charge in [-0.3, -0.25) is 9.59 Å². The van der Waals surface area contributed by atoms with Gasteiger partial charge in [-0.2, -0.15) is 0 Å². The number of carbonyl (C=O) groups excluding carboxylic acids is 2. The zero-order valence-electron chi connectivity index (χ0n) is 21.1. The van der Waals surface area contributed by atoms with Gasteiger partial charge in [0.05, 0.1) is 11.1 Å². The van der Waals surface area contributed by atoms with E-state index in [1.54, 1.807) is 6.07 Å². The van der Waals surface area contributed by atoms with E-state index in [0.717, 1.165) is 66.2 Å². The first-order valence-electron chi connectivity index (χ1n) is 13.1. The Labute approximate surface area is 216 Å². The normalized spacial score (nSPS) is 18.8. The fraction of sp³-hybridized carbons (Fsp3) is 0.333. The lowest BCUT2D eigenvalue weighted by atomic mass is 9.94. The molecule has 2 aromatic carbocycles. The number of piperidine rings is 1. The minimum atomic E-state index is -0.325. The largest absolute Gasteiger partial charge is 0.358 e. The van der Waals surface area contributed by atoms with Gasteiger partial charge in [0.15, 0.2) is 0 Å². The second-order valence-electron chi connectivity index (χ2n) is 10.2. The van der Waals surface area contributed by atoms with Crippen LogP contribution in [0, 0.1) is 12.7 Å². The van der Waals surface area contributed by atoms with E-state index in [-0.39, 0.29) is 17.6 Å². The molecule has 6 rings (SSSR count). The van der Waals surface area contributed by atoms with Crippen molar-refractivity contribution >= 4 is 29.2 Å². The van der Waals surface area contributed by atoms with Crippen LogP contribution in [-0.4, -0.2) is 59.3 Å². The molecule has 37 heavy (non-hydrogen) atoms. The number of fused-ring (bicyclic) bond motifs is 2. The zero-order chi connectivity index (χ0) is 25.5. The van der Waals surface area contributed by atoms with E-state index in [4.69, 9.17) is 0 Å². The van der Waals surface area contributed by atoms with Crippen LogP contribution in [0.15, 0.2) is 42.5 Å². The van der Waals surface area contributed by atoms with E-state index in [1.165, 1.54) is 31.4 Å². The van der Waals surface area contributed by atoms with Gasteiger partial charge >= 0.3 is 0 Å². The molecule has 1 saturated heterocycles. The number of hydrogen-bond acceptors (Lipinski definition) is 3. The Balaban J connectivity index is 1.31. The summed E-state index contributed by atoms with van der Waals surface area (Å²) >= 11 is 0. The molecule has 3 aliphatic heterocycles. The number of H-pyrrole nitrogens is 1. The maximum Gasteiger partial charge on any atom is 0.256 e. The number of nitrogens with zero attached hydrogens (tertiary/aromatic N) is 2. The van der Waals surface area contributed by atoms with Crippen LogP contribution in [0.1, 0.15) is 52.1 Å². The summed E-state index contributed by atoms with van der Waals surface area (Å²) in [6.45, 7) is 6.54. The number of nitrogens with one attached hydrogen (secondary N) is 2. The monoisotopic (exact) mass is 498 g/mol. The summed E-state index contributed by atoms with van der Waals surface area (Å²) < 4.78 is 14.0. The van der Waals surface area contributed by atoms with Crippen molar-refractivity contribution in [2.45, 2.75) is 32.6 Å². The molecule has 0 aliphatic carbocycles. The van der Waals surface area contributed by atoms with E-state index in [1.807, 2.05) is 42.2 Å². The number of anilines is 1. The third kappa shape index (κ3) is 4.37. The van der Waals surface area contributed by atoms with Gasteiger partial charge in [0.25, 0.3) is 11.8 Å². The fourth-order valence-corrected chi connectivity index (χ4v) is 5.89. The van der Waals surface area contributed by atoms with Crippen LogP contribution in [0.2, 0.25) is 0 Å². The predicted molar refractivity (Wildman–Crippen MR) is 144 cm³/mol. The first-order valence-corrected chi connectivity index (χ1v) is 13.1. The molecule has 3 aliphatic rings. The first kappa shape index (κ1) is 23.7. The van der Waals surface area contributed by atoms with E-state index in [9.17, 15) is 14.0 Å². The lowest BCUT2D eigenvalue weighted by Crippen LogP contribution is -2.43. The van der Waals surface area contributed by atoms with Crippen LogP contribution < -0.4 is 5.32 Å². The maximum absolute atomic E-state index is 14.0. The number of aromatic nitrogens is 1. The standard InChI is InChI=1S/C30H31FN4O2/c1-19-26(32-25-11-14-35(30(37)27(19)25)16-15-34-12-3-2-4-13-34)18-23-28-22(20-7-5-8-21(31)17-20)9-6-10-24(28)33-29(23)36/h5-10,17-18,32H,2-4,11-16H2,1H3,(H,33,36)/b23-18-. The van der Waals surface area contributed by atoms with Crippen molar-refractivity contribution in [3.05, 3.63) is 76.4 Å². The molecular formula is C30H31FN4O2. The predicted octanol–water partition coefficient (Wildman–Crippen LogP) is 5.11. The summed E-state index contributed by atoms with van der Waals surface area (Å²) in [5.74, 6) is -0.470. The van der Waals surface area contributed by atoms with Gasteiger partial charge in [0, 0.05) is 48.7 Å². The Morgan fingerprint density at radius 2 is 1.78 bits per heavy atom. The quantitative estimate of drug-likeness (QED) is 0.481. The van der Waals surface area contributed by atoms with Crippen molar-refractivity contribution < 1.29 is 14.0 Å². The molecule has 3 aromatic rings. The summed E-state index contributed by atoms with van der Waals surface area (Å²) in [5, 5.41) is 2.94. The number of carbonyl (C=O) groups is 2. The highest BCUT2D eigenvalue weighted by Gasteiger charge is 2.31. The SMILES string of the molecule is Cc1c(/C=C2\C(=O)Nc3cccc(-c4cccc(F)c4)c32)[nH]c2c1C(=O)N(CCN1CCCCC1)CC2. The second kappa shape index (κ2) is 9.63. The highest BCUT2D eigenvalue weighted by atomic mass is 19.1. The molecule has 190 valence electrons. The van der Waals surface area contributed by atoms with Crippen molar-refractivity contribution in [1.82, 2.24) is 14.8 Å². The summed E-state index contributed by atoms with van der Waals surface area (Å²) in [6, 6.07) is 12.0. The number of aromatic amines is 1. The van der Waals surface area contributed by atoms with Gasteiger partial charge in [-0.05, 0) is 73.8 Å². The third-order valence-corrected chi connectivity index (χ3v) is 7.88. The van der Waals surface area contributed by atoms with Crippen molar-refractivity contribution in [2.75, 3.05) is 38.0 Å². The Morgan fingerprint density at radius 3 is 2.59 bits per heavy atom. The molecule has 0 bridgehead atoms. The first-order chi connectivity index (χ1) is 18.0. The second-order valence-corrected chi connectivity index (χ2v) is 10.2. The zero-order valence-corrected chi connectivity index (χ0v) is 21.1. The van der Waals surface area contributed by atoms with Gasteiger partial charge in [-0.1, -0.05) is 30.7 Å². The van der Waals surface area contributed by atoms with Crippen LogP contribution >= 0.6 is 0 Å². The lowest BCUT2D eigenvalue weighted by Gasteiger charge is -2.32. The number of likely N-dealkylation sites (tertiary alicyclic amines) is 1. The van der Waals surface area contributed by atoms with Crippen molar-refractivity contribution in [1.29, 1.82) is 0 Å². The molecule has 0 unspecified atom stereocenters. The summed E-state index contributed by atoms with van der Waals surface area (Å²) in [4.78, 5) is 34.3. The van der Waals surface area contributed by atoms with Gasteiger partial charge in [-0.25, -0.2) is 4.39 Å². The molecule has 1 fully saturated rings. The molecule has 0 spiro atoms. The molecule has 1 aromatic heterocycles. The molecule has 0 atom stereocenters. The van der Waals surface area contributed by atoms with Crippen LogP contribution in [0.25, 0.3) is 22.8 Å². The minimum Gasteiger partial charge on any atom is -0.358 e. The number of hydrogen-bond donors (Lipinski definition) is 2. The van der Waals surface area contributed by atoms with Gasteiger partial charge in [0.2, 0.25) is 0 Å². The fourth-order valence-electron chi connectivity index (χ4n) is 5.89. The summed E-state index contributed by atoms with van der Waals surface area (Å²) in [6.07, 6.45) is 6.39. The van der Waals surface area contributed by atoms with Crippen molar-refractivity contribution in [3.63, 3.8) is 0 Å². The number of amides is 2. The molecule has 2 N–H and O–H groups in total. The molecule has 6 nitrogen and oxygen atoms in total. The van der Waals surface area contributed by atoms with Crippen LogP contribution in [0.3, 0.4) is 0 Å². The molecule has 7 heteroatoms. The van der Waals surface area contributed by atoms with E-state index in [0.29, 0.717) is 23.4 Å². The maximum atomic E-state index is 14.0. The molecule has 4 heterocycles. The lowest BCUT2D eigenvalue weighted by molar-refractivity contribution is -0.110. The van der Waals surface area contributed by atoms with Crippen LogP contribution in [-0.2, 0) is 11.2 Å². The van der Waals surface area contributed by atoms with E-state index >= 15 is 0 Å². The topological polar surface area (TPSA) is 68.4 Å². The number of benzene rings is 2. The summed E-state index contributed by atoms with van der Waals surface area (Å²) in [7, 11) is 0. The Morgan fingerprint density at radius 1 is 0.973 bits per heavy atom. The molecule has 0 radical (unpaired) electrons. The Kier molecular flexibility index (Phi) is 6.16. The average Bonchev–Trinajstić information content (AvgIpc) is 3.40. The Hall–Kier alpha value is -3.71. The van der Waals surface area contributed by atoms with Crippen molar-refractivity contribution in [3.8, 4) is 11.1 Å². The van der Waals surface area contributed by atoms with Crippen LogP contribution in [0.5, 0.6) is 0 Å². The van der Waals surface area contributed by atoms with E-state index < -0.39 is 0 Å². The van der Waals surface area contributed by atoms with Gasteiger partial charge in [-0.15, -0.1) is 0 Å². The van der Waals surface area contributed by atoms with E-state index in [2.05, 4.69) is 15.2 Å². The van der Waals surface area contributed by atoms with Crippen LogP contribution in [0.4, 0.5) is 10.1 Å². The molecule has 2 amide bonds. The highest BCUT2D eigenvalue weighted by Crippen LogP contribution is 2.41. The number of rotatable bonds is 5. The third-order valence-electron chi connectivity index (χ3n) is 7.88. The number of halogens is 1. The molecular weight excluding hydrogens is 467 g/mol. The van der Waals surface area contributed by atoms with Gasteiger partial charge < -0.3 is 20.1 Å². The molecule has 0 saturated carbocycles.